The molecule has 0 spiro atoms. The largest absolute Gasteiger partial charge is 0.379 e. The van der Waals surface area contributed by atoms with Gasteiger partial charge in [0, 0.05) is 36.2 Å². The third-order valence-electron chi connectivity index (χ3n) is 6.09. The molecule has 5 rings (SSSR count). The van der Waals surface area contributed by atoms with Gasteiger partial charge in [-0.15, -0.1) is 0 Å². The summed E-state index contributed by atoms with van der Waals surface area (Å²) in [6.45, 7) is 2.48. The van der Waals surface area contributed by atoms with Gasteiger partial charge >= 0.3 is 0 Å². The number of benzene rings is 3. The number of para-hydroxylation sites is 1. The molecule has 0 aliphatic carbocycles. The van der Waals surface area contributed by atoms with E-state index in [0.29, 0.717) is 26.3 Å². The lowest BCUT2D eigenvalue weighted by Crippen LogP contribution is -2.36. The van der Waals surface area contributed by atoms with Crippen molar-refractivity contribution in [3.63, 3.8) is 0 Å². The highest BCUT2D eigenvalue weighted by Crippen LogP contribution is 2.26. The zero-order chi connectivity index (χ0) is 21.8. The molecule has 0 saturated carbocycles. The smallest absolute Gasteiger partial charge is 0.254 e. The van der Waals surface area contributed by atoms with Gasteiger partial charge in [0.15, 0.2) is 0 Å². The summed E-state index contributed by atoms with van der Waals surface area (Å²) in [6.07, 6.45) is 2.67. The first-order valence-electron chi connectivity index (χ1n) is 11.1. The Balaban J connectivity index is 1.40. The quantitative estimate of drug-likeness (QED) is 0.452. The maximum absolute atomic E-state index is 13.6. The van der Waals surface area contributed by atoms with Gasteiger partial charge in [-0.1, -0.05) is 72.8 Å². The Hall–Kier alpha value is -3.50. The van der Waals surface area contributed by atoms with E-state index in [1.165, 1.54) is 5.56 Å². The predicted molar refractivity (Wildman–Crippen MR) is 128 cm³/mol. The highest BCUT2D eigenvalue weighted by atomic mass is 16.5. The molecule has 1 amide bonds. The fourth-order valence-electron chi connectivity index (χ4n) is 4.54. The van der Waals surface area contributed by atoms with Gasteiger partial charge in [0.05, 0.1) is 18.7 Å². The van der Waals surface area contributed by atoms with Gasteiger partial charge in [0.2, 0.25) is 0 Å². The van der Waals surface area contributed by atoms with Crippen molar-refractivity contribution in [3.05, 3.63) is 102 Å². The fourth-order valence-corrected chi connectivity index (χ4v) is 4.54. The normalized spacial score (nSPS) is 16.6. The molecule has 1 unspecified atom stereocenters. The molecule has 4 heteroatoms. The molecule has 4 nitrogen and oxygen atoms in total. The molecule has 2 heterocycles. The average molecular weight is 423 g/mol. The zero-order valence-corrected chi connectivity index (χ0v) is 18.0. The number of ether oxygens (including phenoxy) is 1. The molecule has 1 aliphatic rings. The molecule has 1 fully saturated rings. The number of hydrogen-bond donors (Lipinski definition) is 0. The third-order valence-corrected chi connectivity index (χ3v) is 6.09. The second-order valence-corrected chi connectivity index (χ2v) is 8.30. The van der Waals surface area contributed by atoms with Crippen LogP contribution < -0.4 is 0 Å². The van der Waals surface area contributed by atoms with Crippen molar-refractivity contribution in [2.45, 2.75) is 6.42 Å². The van der Waals surface area contributed by atoms with E-state index in [0.717, 1.165) is 34.0 Å². The van der Waals surface area contributed by atoms with Crippen molar-refractivity contribution in [1.29, 1.82) is 0 Å². The molecule has 4 aromatic rings. The van der Waals surface area contributed by atoms with Crippen LogP contribution >= 0.6 is 0 Å². The second-order valence-electron chi connectivity index (χ2n) is 8.30. The van der Waals surface area contributed by atoms with Gasteiger partial charge in [0.1, 0.15) is 0 Å². The number of fused-ring (bicyclic) bond motifs is 1. The number of carbonyl (C=O) groups excluding carboxylic acids is 1. The molecular formula is C28H26N2O2. The Kier molecular flexibility index (Phi) is 5.95. The van der Waals surface area contributed by atoms with Crippen LogP contribution in [0, 0.1) is 5.92 Å². The predicted octanol–water partition coefficient (Wildman–Crippen LogP) is 5.23. The lowest BCUT2D eigenvalue weighted by atomic mass is 9.96. The highest BCUT2D eigenvalue weighted by Gasteiger charge is 2.25. The van der Waals surface area contributed by atoms with Gasteiger partial charge in [-0.25, -0.2) is 0 Å². The first kappa shape index (κ1) is 20.4. The standard InChI is InChI=1S/C28H26N2O2/c31-28(26-14-5-4-13-25(26)22-8-2-1-3-9-22)30-16-17-32-20-21(19-30)18-24-11-6-10-23-12-7-15-29-27(23)24/h1-15,21H,16-20H2. The number of amides is 1. The maximum Gasteiger partial charge on any atom is 0.254 e. The summed E-state index contributed by atoms with van der Waals surface area (Å²) >= 11 is 0. The Morgan fingerprint density at radius 3 is 2.66 bits per heavy atom. The molecule has 0 N–H and O–H groups in total. The maximum atomic E-state index is 13.6. The molecule has 1 aromatic heterocycles. The van der Waals surface area contributed by atoms with E-state index >= 15 is 0 Å². The summed E-state index contributed by atoms with van der Waals surface area (Å²) in [5.74, 6) is 0.286. The third kappa shape index (κ3) is 4.27. The minimum Gasteiger partial charge on any atom is -0.379 e. The highest BCUT2D eigenvalue weighted by molar-refractivity contribution is 6.01. The van der Waals surface area contributed by atoms with Crippen LogP contribution in [0.25, 0.3) is 22.0 Å². The molecule has 0 bridgehead atoms. The lowest BCUT2D eigenvalue weighted by Gasteiger charge is -2.25. The van der Waals surface area contributed by atoms with Crippen molar-refractivity contribution in [2.75, 3.05) is 26.3 Å². The zero-order valence-electron chi connectivity index (χ0n) is 18.0. The van der Waals surface area contributed by atoms with E-state index < -0.39 is 0 Å². The van der Waals surface area contributed by atoms with Gasteiger partial charge in [-0.05, 0) is 35.2 Å². The van der Waals surface area contributed by atoms with Crippen molar-refractivity contribution >= 4 is 16.8 Å². The molecule has 1 aliphatic heterocycles. The Morgan fingerprint density at radius 1 is 0.938 bits per heavy atom. The van der Waals surface area contributed by atoms with Crippen LogP contribution in [0.2, 0.25) is 0 Å². The first-order chi connectivity index (χ1) is 15.8. The van der Waals surface area contributed by atoms with Gasteiger partial charge in [-0.3, -0.25) is 9.78 Å². The summed E-state index contributed by atoms with van der Waals surface area (Å²) in [5.41, 5.74) is 5.01. The molecular weight excluding hydrogens is 396 g/mol. The molecule has 1 saturated heterocycles. The van der Waals surface area contributed by atoms with E-state index in [1.54, 1.807) is 0 Å². The number of pyridine rings is 1. The lowest BCUT2D eigenvalue weighted by molar-refractivity contribution is 0.0738. The van der Waals surface area contributed by atoms with E-state index in [2.05, 4.69) is 29.2 Å². The Labute approximate surface area is 188 Å². The minimum atomic E-state index is 0.0657. The van der Waals surface area contributed by atoms with Gasteiger partial charge in [0.25, 0.3) is 5.91 Å². The van der Waals surface area contributed by atoms with Crippen molar-refractivity contribution in [2.24, 2.45) is 5.92 Å². The van der Waals surface area contributed by atoms with Gasteiger partial charge < -0.3 is 9.64 Å². The summed E-state index contributed by atoms with van der Waals surface area (Å²) < 4.78 is 5.91. The Bertz CT molecular complexity index is 1220. The fraction of sp³-hybridized carbons (Fsp3) is 0.214. The van der Waals surface area contributed by atoms with Crippen LogP contribution in [0.1, 0.15) is 15.9 Å². The van der Waals surface area contributed by atoms with Crippen molar-refractivity contribution in [1.82, 2.24) is 9.88 Å². The summed E-state index contributed by atoms with van der Waals surface area (Å²) in [7, 11) is 0. The van der Waals surface area contributed by atoms with Crippen LogP contribution in [0.4, 0.5) is 0 Å². The van der Waals surface area contributed by atoms with Crippen LogP contribution in [0.15, 0.2) is 91.1 Å². The summed E-state index contributed by atoms with van der Waals surface area (Å²) in [5, 5.41) is 1.14. The number of hydrogen-bond acceptors (Lipinski definition) is 3. The molecule has 1 atom stereocenters. The van der Waals surface area contributed by atoms with Crippen LogP contribution in [0.5, 0.6) is 0 Å². The van der Waals surface area contributed by atoms with E-state index in [1.807, 2.05) is 71.8 Å². The van der Waals surface area contributed by atoms with Crippen LogP contribution in [-0.2, 0) is 11.2 Å². The van der Waals surface area contributed by atoms with Crippen LogP contribution in [0.3, 0.4) is 0 Å². The molecule has 3 aromatic carbocycles. The Morgan fingerprint density at radius 2 is 1.75 bits per heavy atom. The second kappa shape index (κ2) is 9.33. The average Bonchev–Trinajstić information content (AvgIpc) is 3.10. The van der Waals surface area contributed by atoms with E-state index in [-0.39, 0.29) is 11.8 Å². The van der Waals surface area contributed by atoms with Gasteiger partial charge in [-0.2, -0.15) is 0 Å². The molecule has 0 radical (unpaired) electrons. The SMILES string of the molecule is O=C(c1ccccc1-c1ccccc1)N1CCOCC(Cc2cccc3cccnc23)C1. The van der Waals surface area contributed by atoms with Crippen molar-refractivity contribution in [3.8, 4) is 11.1 Å². The number of nitrogens with zero attached hydrogens (tertiary/aromatic N) is 2. The molecule has 160 valence electrons. The summed E-state index contributed by atoms with van der Waals surface area (Å²) in [6, 6.07) is 28.3. The summed E-state index contributed by atoms with van der Waals surface area (Å²) in [4.78, 5) is 20.2. The number of rotatable bonds is 4. The monoisotopic (exact) mass is 422 g/mol. The molecule has 32 heavy (non-hydrogen) atoms. The topological polar surface area (TPSA) is 42.4 Å². The van der Waals surface area contributed by atoms with E-state index in [9.17, 15) is 4.79 Å². The number of aromatic nitrogens is 1. The van der Waals surface area contributed by atoms with Crippen molar-refractivity contribution < 1.29 is 9.53 Å². The minimum absolute atomic E-state index is 0.0657. The van der Waals surface area contributed by atoms with Crippen LogP contribution in [-0.4, -0.2) is 42.1 Å². The van der Waals surface area contributed by atoms with E-state index in [4.69, 9.17) is 4.74 Å². The number of carbonyl (C=O) groups is 1. The first-order valence-corrected chi connectivity index (χ1v) is 11.1.